The highest BCUT2D eigenvalue weighted by atomic mass is 16.6. The Bertz CT molecular complexity index is 1140. The maximum atomic E-state index is 11.5. The molecule has 9 nitrogen and oxygen atoms in total. The fourth-order valence-electron chi connectivity index (χ4n) is 4.85. The molecule has 4 N–H and O–H groups in total. The zero-order valence-corrected chi connectivity index (χ0v) is 20.3. The van der Waals surface area contributed by atoms with Gasteiger partial charge in [0.1, 0.15) is 12.2 Å². The normalized spacial score (nSPS) is 19.8. The molecule has 0 fully saturated rings. The van der Waals surface area contributed by atoms with Gasteiger partial charge in [0.2, 0.25) is 5.75 Å². The maximum absolute atomic E-state index is 11.5. The van der Waals surface area contributed by atoms with Crippen LogP contribution in [0.1, 0.15) is 42.4 Å². The molecule has 36 heavy (non-hydrogen) atoms. The van der Waals surface area contributed by atoms with Crippen LogP contribution in [0.15, 0.2) is 36.4 Å². The van der Waals surface area contributed by atoms with Crippen molar-refractivity contribution in [3.05, 3.63) is 53.1 Å². The molecule has 1 aliphatic carbocycles. The van der Waals surface area contributed by atoms with Gasteiger partial charge in [0, 0.05) is 30.9 Å². The molecule has 0 radical (unpaired) electrons. The number of phenolic OH excluding ortho intramolecular Hbond substituents is 4. The van der Waals surface area contributed by atoms with Crippen LogP contribution >= 0.6 is 0 Å². The summed E-state index contributed by atoms with van der Waals surface area (Å²) in [4.78, 5) is 11.5. The van der Waals surface area contributed by atoms with E-state index in [1.165, 1.54) is 18.2 Å². The summed E-state index contributed by atoms with van der Waals surface area (Å²) in [6.07, 6.45) is 1.49. The minimum Gasteiger partial charge on any atom is -0.504 e. The van der Waals surface area contributed by atoms with Gasteiger partial charge < -0.3 is 39.4 Å². The number of hydrogen-bond donors (Lipinski definition) is 4. The molecule has 2 aromatic rings. The van der Waals surface area contributed by atoms with Crippen molar-refractivity contribution in [2.45, 2.75) is 37.7 Å². The Morgan fingerprint density at radius 3 is 2.44 bits per heavy atom. The fraction of sp³-hybridized carbons (Fsp3) is 0.444. The Kier molecular flexibility index (Phi) is 7.73. The molecule has 0 saturated carbocycles. The lowest BCUT2D eigenvalue weighted by molar-refractivity contribution is -0.116. The summed E-state index contributed by atoms with van der Waals surface area (Å²) in [5.74, 6) is -1.25. The number of fused-ring (bicyclic) bond motifs is 5. The molecule has 0 bridgehead atoms. The molecule has 1 heterocycles. The first-order valence-electron chi connectivity index (χ1n) is 11.9. The Balaban J connectivity index is 1.34. The van der Waals surface area contributed by atoms with Gasteiger partial charge in [-0.05, 0) is 48.2 Å². The first-order valence-corrected chi connectivity index (χ1v) is 11.9. The third kappa shape index (κ3) is 5.13. The zero-order valence-electron chi connectivity index (χ0n) is 20.3. The van der Waals surface area contributed by atoms with Crippen LogP contribution in [0.5, 0.6) is 28.7 Å². The molecular formula is C27H32O9. The van der Waals surface area contributed by atoms with Gasteiger partial charge in [-0.15, -0.1) is 0 Å². The van der Waals surface area contributed by atoms with Crippen LogP contribution in [0.2, 0.25) is 0 Å². The summed E-state index contributed by atoms with van der Waals surface area (Å²) in [5.41, 5.74) is 1.91. The molecular weight excluding hydrogens is 468 g/mol. The average molecular weight is 501 g/mol. The second-order valence-electron chi connectivity index (χ2n) is 9.23. The van der Waals surface area contributed by atoms with Crippen LogP contribution in [0.4, 0.5) is 0 Å². The van der Waals surface area contributed by atoms with Gasteiger partial charge in [0.05, 0.1) is 26.4 Å². The summed E-state index contributed by atoms with van der Waals surface area (Å²) in [6.45, 7) is 7.26. The maximum Gasteiger partial charge on any atom is 0.200 e. The Morgan fingerprint density at radius 2 is 1.69 bits per heavy atom. The van der Waals surface area contributed by atoms with E-state index in [0.717, 1.165) is 11.1 Å². The standard InChI is InChI=1S/C27H32O9/c1-16(2)20(28)4-3-7-33-8-9-34-10-11-36-27-14-17-12-22(30)23(31)13-19(17)24(27)18-5-6-21(29)25(32)26(18)35-15-27/h5-6,12-13,24,29-32H,1,3-4,7-11,14-15H2,2H3. The van der Waals surface area contributed by atoms with Gasteiger partial charge in [-0.3, -0.25) is 4.79 Å². The highest BCUT2D eigenvalue weighted by molar-refractivity contribution is 5.94. The van der Waals surface area contributed by atoms with Gasteiger partial charge >= 0.3 is 0 Å². The number of benzene rings is 2. The van der Waals surface area contributed by atoms with Crippen molar-refractivity contribution in [1.82, 2.24) is 0 Å². The third-order valence-corrected chi connectivity index (χ3v) is 6.63. The number of carbonyl (C=O) groups is 1. The van der Waals surface area contributed by atoms with E-state index in [1.807, 2.05) is 0 Å². The number of hydrogen-bond acceptors (Lipinski definition) is 9. The van der Waals surface area contributed by atoms with E-state index in [9.17, 15) is 25.2 Å². The number of ether oxygens (including phenoxy) is 4. The first-order chi connectivity index (χ1) is 17.2. The predicted molar refractivity (Wildman–Crippen MR) is 130 cm³/mol. The van der Waals surface area contributed by atoms with Gasteiger partial charge in [-0.25, -0.2) is 0 Å². The number of allylic oxidation sites excluding steroid dienone is 1. The monoisotopic (exact) mass is 500 g/mol. The molecule has 2 unspecified atom stereocenters. The minimum atomic E-state index is -0.839. The van der Waals surface area contributed by atoms with Crippen LogP contribution in [0, 0.1) is 0 Å². The molecule has 2 aliphatic rings. The highest BCUT2D eigenvalue weighted by Gasteiger charge is 2.53. The molecule has 9 heteroatoms. The smallest absolute Gasteiger partial charge is 0.200 e. The van der Waals surface area contributed by atoms with Crippen molar-refractivity contribution < 1.29 is 44.2 Å². The largest absolute Gasteiger partial charge is 0.504 e. The molecule has 0 spiro atoms. The quantitative estimate of drug-likeness (QED) is 0.197. The summed E-state index contributed by atoms with van der Waals surface area (Å²) >= 11 is 0. The van der Waals surface area contributed by atoms with Crippen molar-refractivity contribution in [3.63, 3.8) is 0 Å². The molecule has 0 aromatic heterocycles. The SMILES string of the molecule is C=C(C)C(=O)CCCOCCOCCOC12COc3c(ccc(O)c3O)C1c1cc(O)c(O)cc1C2. The molecule has 0 amide bonds. The first kappa shape index (κ1) is 25.8. The van der Waals surface area contributed by atoms with Crippen molar-refractivity contribution in [3.8, 4) is 28.7 Å². The van der Waals surface area contributed by atoms with E-state index in [1.54, 1.807) is 13.0 Å². The molecule has 1 aliphatic heterocycles. The lowest BCUT2D eigenvalue weighted by atomic mass is 9.80. The van der Waals surface area contributed by atoms with Crippen molar-refractivity contribution >= 4 is 5.78 Å². The van der Waals surface area contributed by atoms with Crippen LogP contribution in [0.3, 0.4) is 0 Å². The molecule has 194 valence electrons. The molecule has 2 aromatic carbocycles. The molecule has 4 rings (SSSR count). The summed E-state index contributed by atoms with van der Waals surface area (Å²) in [5, 5.41) is 40.4. The van der Waals surface area contributed by atoms with E-state index in [4.69, 9.17) is 18.9 Å². The number of ketones is 1. The lowest BCUT2D eigenvalue weighted by Gasteiger charge is -2.40. The fourth-order valence-corrected chi connectivity index (χ4v) is 4.85. The Hall–Kier alpha value is -3.27. The number of phenols is 4. The average Bonchev–Trinajstić information content (AvgIpc) is 3.16. The van der Waals surface area contributed by atoms with Gasteiger partial charge in [-0.1, -0.05) is 12.6 Å². The minimum absolute atomic E-state index is 0.0468. The van der Waals surface area contributed by atoms with Gasteiger partial charge in [0.25, 0.3) is 0 Å². The summed E-state index contributed by atoms with van der Waals surface area (Å²) in [6, 6.07) is 6.09. The van der Waals surface area contributed by atoms with Crippen molar-refractivity contribution in [2.75, 3.05) is 39.6 Å². The zero-order chi connectivity index (χ0) is 25.9. The predicted octanol–water partition coefficient (Wildman–Crippen LogP) is 3.30. The Labute approximate surface area is 209 Å². The van der Waals surface area contributed by atoms with E-state index in [2.05, 4.69) is 6.58 Å². The lowest BCUT2D eigenvalue weighted by Crippen LogP contribution is -2.47. The molecule has 2 atom stereocenters. The number of carbonyl (C=O) groups excluding carboxylic acids is 1. The second kappa shape index (κ2) is 10.8. The van der Waals surface area contributed by atoms with Crippen LogP contribution in [-0.4, -0.2) is 71.5 Å². The van der Waals surface area contributed by atoms with Gasteiger partial charge in [0.15, 0.2) is 28.8 Å². The van der Waals surface area contributed by atoms with E-state index in [-0.39, 0.29) is 53.7 Å². The van der Waals surface area contributed by atoms with Crippen LogP contribution in [-0.2, 0) is 25.4 Å². The van der Waals surface area contributed by atoms with E-state index < -0.39 is 5.60 Å². The van der Waals surface area contributed by atoms with E-state index >= 15 is 0 Å². The van der Waals surface area contributed by atoms with Gasteiger partial charge in [-0.2, -0.15) is 0 Å². The number of Topliss-reactive ketones (excluding diaryl/α,β-unsaturated/α-hetero) is 1. The second-order valence-corrected chi connectivity index (χ2v) is 9.23. The van der Waals surface area contributed by atoms with Crippen LogP contribution in [0.25, 0.3) is 0 Å². The summed E-state index contributed by atoms with van der Waals surface area (Å²) in [7, 11) is 0. The highest BCUT2D eigenvalue weighted by Crippen LogP contribution is 2.57. The van der Waals surface area contributed by atoms with Crippen molar-refractivity contribution in [1.29, 1.82) is 0 Å². The summed E-state index contributed by atoms with van der Waals surface area (Å²) < 4.78 is 23.3. The molecule has 0 saturated heterocycles. The van der Waals surface area contributed by atoms with Crippen LogP contribution < -0.4 is 4.74 Å². The Morgan fingerprint density at radius 1 is 1.00 bits per heavy atom. The third-order valence-electron chi connectivity index (χ3n) is 6.63. The number of aromatic hydroxyl groups is 4. The van der Waals surface area contributed by atoms with Crippen molar-refractivity contribution in [2.24, 2.45) is 0 Å². The topological polar surface area (TPSA) is 135 Å². The number of rotatable bonds is 12. The van der Waals surface area contributed by atoms with E-state index in [0.29, 0.717) is 56.8 Å².